The summed E-state index contributed by atoms with van der Waals surface area (Å²) in [5, 5.41) is 6.16. The van der Waals surface area contributed by atoms with Crippen LogP contribution in [0.3, 0.4) is 0 Å². The molecule has 0 atom stereocenters. The molecule has 0 N–H and O–H groups in total. The summed E-state index contributed by atoms with van der Waals surface area (Å²) in [6.07, 6.45) is 3.74. The third kappa shape index (κ3) is 2.86. The number of aromatic nitrogens is 3. The Balaban J connectivity index is 1.99. The van der Waals surface area contributed by atoms with Crippen molar-refractivity contribution in [3.8, 4) is 0 Å². The van der Waals surface area contributed by atoms with Gasteiger partial charge < -0.3 is 0 Å². The lowest BCUT2D eigenvalue weighted by atomic mass is 9.77. The number of fused-ring (bicyclic) bond motifs is 1. The molecular weight excluding hydrogens is 469 g/mol. The molecule has 140 valence electrons. The van der Waals surface area contributed by atoms with Gasteiger partial charge in [-0.2, -0.15) is 5.10 Å². The van der Waals surface area contributed by atoms with Gasteiger partial charge in [0, 0.05) is 11.6 Å². The van der Waals surface area contributed by atoms with Gasteiger partial charge in [-0.3, -0.25) is 4.98 Å². The van der Waals surface area contributed by atoms with Crippen LogP contribution in [0, 0.1) is 3.70 Å². The van der Waals surface area contributed by atoms with Crippen molar-refractivity contribution in [3.63, 3.8) is 0 Å². The number of pyridine rings is 1. The largest absolute Gasteiger partial charge is 0.262 e. The molecule has 3 aromatic carbocycles. The zero-order valence-electron chi connectivity index (χ0n) is 15.6. The highest BCUT2D eigenvalue weighted by Gasteiger charge is 2.40. The lowest BCUT2D eigenvalue weighted by molar-refractivity contribution is 0.473. The van der Waals surface area contributed by atoms with Crippen LogP contribution in [0.25, 0.3) is 10.9 Å². The molecule has 0 radical (unpaired) electrons. The normalized spacial score (nSPS) is 11.6. The molecule has 0 unspecified atom stereocenters. The molecule has 0 bridgehead atoms. The van der Waals surface area contributed by atoms with E-state index in [0.29, 0.717) is 0 Å². The second-order valence-corrected chi connectivity index (χ2v) is 7.93. The van der Waals surface area contributed by atoms with Crippen LogP contribution in [0.5, 0.6) is 0 Å². The minimum absolute atomic E-state index is 0.617. The van der Waals surface area contributed by atoms with E-state index >= 15 is 0 Å². The summed E-state index contributed by atoms with van der Waals surface area (Å²) in [5.41, 5.74) is 3.86. The van der Waals surface area contributed by atoms with Crippen LogP contribution in [-0.2, 0) is 5.54 Å². The van der Waals surface area contributed by atoms with Crippen LogP contribution >= 0.6 is 22.6 Å². The second-order valence-electron chi connectivity index (χ2n) is 6.90. The van der Waals surface area contributed by atoms with E-state index in [0.717, 1.165) is 31.3 Å². The molecule has 3 nitrogen and oxygen atoms in total. The SMILES string of the molecule is Ic1nn(C(c2ccccc2)(c2ccccc2)c2ccccc2)c2cnccc12. The van der Waals surface area contributed by atoms with Crippen molar-refractivity contribution < 1.29 is 0 Å². The van der Waals surface area contributed by atoms with Crippen LogP contribution in [-0.4, -0.2) is 14.8 Å². The van der Waals surface area contributed by atoms with Crippen molar-refractivity contribution in [2.75, 3.05) is 0 Å². The maximum atomic E-state index is 5.05. The fraction of sp³-hybridized carbons (Fsp3) is 0.0400. The molecule has 2 heterocycles. The monoisotopic (exact) mass is 487 g/mol. The first kappa shape index (κ1) is 18.1. The maximum absolute atomic E-state index is 5.05. The van der Waals surface area contributed by atoms with Crippen LogP contribution in [0.15, 0.2) is 109 Å². The quantitative estimate of drug-likeness (QED) is 0.234. The molecule has 4 heteroatoms. The van der Waals surface area contributed by atoms with Gasteiger partial charge in [-0.05, 0) is 45.3 Å². The molecule has 0 aliphatic rings. The van der Waals surface area contributed by atoms with Crippen molar-refractivity contribution >= 4 is 33.5 Å². The number of halogens is 1. The second kappa shape index (κ2) is 7.44. The third-order valence-corrected chi connectivity index (χ3v) is 6.13. The van der Waals surface area contributed by atoms with Gasteiger partial charge in [-0.1, -0.05) is 91.0 Å². The van der Waals surface area contributed by atoms with Gasteiger partial charge >= 0.3 is 0 Å². The van der Waals surface area contributed by atoms with Crippen LogP contribution < -0.4 is 0 Å². The van der Waals surface area contributed by atoms with Crippen LogP contribution in [0.4, 0.5) is 0 Å². The van der Waals surface area contributed by atoms with Crippen molar-refractivity contribution in [3.05, 3.63) is 130 Å². The summed E-state index contributed by atoms with van der Waals surface area (Å²) in [6.45, 7) is 0. The summed E-state index contributed by atoms with van der Waals surface area (Å²) >= 11 is 2.32. The zero-order chi connectivity index (χ0) is 19.7. The van der Waals surface area contributed by atoms with Gasteiger partial charge in [0.05, 0.1) is 11.7 Å². The van der Waals surface area contributed by atoms with Crippen molar-refractivity contribution in [1.82, 2.24) is 14.8 Å². The van der Waals surface area contributed by atoms with Crippen LogP contribution in [0.1, 0.15) is 16.7 Å². The fourth-order valence-electron chi connectivity index (χ4n) is 4.09. The number of hydrogen-bond donors (Lipinski definition) is 0. The highest BCUT2D eigenvalue weighted by atomic mass is 127. The molecule has 2 aromatic heterocycles. The van der Waals surface area contributed by atoms with E-state index in [1.165, 1.54) is 0 Å². The number of nitrogens with zero attached hydrogens (tertiary/aromatic N) is 3. The lowest BCUT2D eigenvalue weighted by Gasteiger charge is -2.36. The summed E-state index contributed by atoms with van der Waals surface area (Å²) < 4.78 is 3.10. The van der Waals surface area contributed by atoms with Gasteiger partial charge in [0.1, 0.15) is 9.24 Å². The summed E-state index contributed by atoms with van der Waals surface area (Å²) in [4.78, 5) is 4.42. The molecule has 5 aromatic rings. The van der Waals surface area contributed by atoms with E-state index in [1.54, 1.807) is 0 Å². The van der Waals surface area contributed by atoms with Gasteiger partial charge in [0.25, 0.3) is 0 Å². The molecule has 0 aliphatic heterocycles. The van der Waals surface area contributed by atoms with Crippen LogP contribution in [0.2, 0.25) is 0 Å². The Kier molecular flexibility index (Phi) is 4.64. The summed E-state index contributed by atoms with van der Waals surface area (Å²) in [7, 11) is 0. The first-order valence-electron chi connectivity index (χ1n) is 9.47. The average Bonchev–Trinajstić information content (AvgIpc) is 3.14. The fourth-order valence-corrected chi connectivity index (χ4v) is 4.76. The number of rotatable bonds is 4. The molecule has 5 rings (SSSR count). The van der Waals surface area contributed by atoms with E-state index in [1.807, 2.05) is 18.5 Å². The lowest BCUT2D eigenvalue weighted by Crippen LogP contribution is -2.38. The Bertz CT molecular complexity index is 1150. The molecule has 0 amide bonds. The molecule has 0 saturated carbocycles. The van der Waals surface area contributed by atoms with Gasteiger partial charge in [0.15, 0.2) is 0 Å². The van der Waals surface area contributed by atoms with E-state index in [-0.39, 0.29) is 0 Å². The Morgan fingerprint density at radius 2 is 1.14 bits per heavy atom. The Morgan fingerprint density at radius 3 is 1.62 bits per heavy atom. The van der Waals surface area contributed by atoms with Crippen molar-refractivity contribution in [2.45, 2.75) is 5.54 Å². The standard InChI is InChI=1S/C25H18IN3/c26-24-22-16-17-27-18-23(22)29(28-24)25(19-10-4-1-5-11-19,20-12-6-2-7-13-20)21-14-8-3-9-15-21/h1-18H. The smallest absolute Gasteiger partial charge is 0.138 e. The Labute approximate surface area is 183 Å². The molecular formula is C25H18IN3. The van der Waals surface area contributed by atoms with Gasteiger partial charge in [0.2, 0.25) is 0 Å². The Morgan fingerprint density at radius 1 is 0.655 bits per heavy atom. The maximum Gasteiger partial charge on any atom is 0.138 e. The number of benzene rings is 3. The van der Waals surface area contributed by atoms with E-state index in [9.17, 15) is 0 Å². The first-order valence-corrected chi connectivity index (χ1v) is 10.5. The zero-order valence-corrected chi connectivity index (χ0v) is 17.8. The predicted octanol–water partition coefficient (Wildman–Crippen LogP) is 5.88. The molecule has 0 aliphatic carbocycles. The third-order valence-electron chi connectivity index (χ3n) is 5.33. The van der Waals surface area contributed by atoms with Crippen molar-refractivity contribution in [2.24, 2.45) is 0 Å². The first-order chi connectivity index (χ1) is 14.3. The minimum Gasteiger partial charge on any atom is -0.262 e. The predicted molar refractivity (Wildman–Crippen MR) is 125 cm³/mol. The van der Waals surface area contributed by atoms with Gasteiger partial charge in [-0.25, -0.2) is 4.68 Å². The highest BCUT2D eigenvalue weighted by Crippen LogP contribution is 2.42. The van der Waals surface area contributed by atoms with Gasteiger partial charge in [-0.15, -0.1) is 0 Å². The summed E-state index contributed by atoms with van der Waals surface area (Å²) in [5.74, 6) is 0. The molecule has 0 spiro atoms. The van der Waals surface area contributed by atoms with E-state index in [4.69, 9.17) is 5.10 Å². The number of hydrogen-bond acceptors (Lipinski definition) is 2. The highest BCUT2D eigenvalue weighted by molar-refractivity contribution is 14.1. The topological polar surface area (TPSA) is 30.7 Å². The van der Waals surface area contributed by atoms with E-state index < -0.39 is 5.54 Å². The molecule has 29 heavy (non-hydrogen) atoms. The average molecular weight is 487 g/mol. The minimum atomic E-state index is -0.617. The Hall–Kier alpha value is -2.99. The van der Waals surface area contributed by atoms with E-state index in [2.05, 4.69) is 123 Å². The molecule has 0 saturated heterocycles. The summed E-state index contributed by atoms with van der Waals surface area (Å²) in [6, 6.07) is 33.8. The molecule has 0 fully saturated rings. The van der Waals surface area contributed by atoms with Crippen molar-refractivity contribution in [1.29, 1.82) is 0 Å².